The number of carbonyl (C=O) groups is 1. The Kier molecular flexibility index (Phi) is 5.65. The first kappa shape index (κ1) is 18.1. The van der Waals surface area contributed by atoms with E-state index < -0.39 is 11.7 Å². The Morgan fingerprint density at radius 1 is 1.38 bits per heavy atom. The summed E-state index contributed by atoms with van der Waals surface area (Å²) in [6, 6.07) is 7.69. The van der Waals surface area contributed by atoms with E-state index in [1.165, 1.54) is 18.6 Å². The Hall–Kier alpha value is -2.70. The number of hydrogen-bond acceptors (Lipinski definition) is 5. The third-order valence-electron chi connectivity index (χ3n) is 4.26. The van der Waals surface area contributed by atoms with Crippen LogP contribution in [0.4, 0.5) is 16.0 Å². The van der Waals surface area contributed by atoms with Crippen molar-refractivity contribution >= 4 is 17.5 Å². The van der Waals surface area contributed by atoms with Gasteiger partial charge in [-0.3, -0.25) is 4.79 Å². The van der Waals surface area contributed by atoms with Gasteiger partial charge >= 0.3 is 0 Å². The van der Waals surface area contributed by atoms with E-state index in [1.807, 2.05) is 6.92 Å². The van der Waals surface area contributed by atoms with Crippen LogP contribution in [0.1, 0.15) is 25.5 Å². The normalized spacial score (nSPS) is 17.0. The minimum Gasteiger partial charge on any atom is -0.467 e. The van der Waals surface area contributed by atoms with Gasteiger partial charge in [-0.25, -0.2) is 9.37 Å². The van der Waals surface area contributed by atoms with Gasteiger partial charge in [0.2, 0.25) is 11.8 Å². The fourth-order valence-electron chi connectivity index (χ4n) is 3.00. The largest absolute Gasteiger partial charge is 0.467 e. The second-order valence-corrected chi connectivity index (χ2v) is 6.66. The minimum absolute atomic E-state index is 0.128. The summed E-state index contributed by atoms with van der Waals surface area (Å²) in [5.74, 6) is 0.638. The molecule has 0 unspecified atom stereocenters. The number of ether oxygens (including phenoxy) is 1. The van der Waals surface area contributed by atoms with Crippen molar-refractivity contribution in [1.29, 1.82) is 0 Å². The van der Waals surface area contributed by atoms with Crippen molar-refractivity contribution in [2.45, 2.75) is 26.7 Å². The summed E-state index contributed by atoms with van der Waals surface area (Å²) in [6.45, 7) is 5.66. The first-order valence-corrected chi connectivity index (χ1v) is 8.79. The highest BCUT2D eigenvalue weighted by Gasteiger charge is 2.19. The van der Waals surface area contributed by atoms with Gasteiger partial charge in [0.15, 0.2) is 6.61 Å². The van der Waals surface area contributed by atoms with Crippen LogP contribution < -0.4 is 15.0 Å². The average Bonchev–Trinajstić information content (AvgIpc) is 2.61. The molecule has 0 radical (unpaired) electrons. The van der Waals surface area contributed by atoms with Crippen molar-refractivity contribution < 1.29 is 13.9 Å². The molecule has 1 atom stereocenters. The molecular weight excluding hydrogens is 335 g/mol. The molecule has 3 rings (SSSR count). The predicted octanol–water partition coefficient (Wildman–Crippen LogP) is 3.18. The lowest BCUT2D eigenvalue weighted by molar-refractivity contribution is -0.118. The summed E-state index contributed by atoms with van der Waals surface area (Å²) in [5, 5.41) is 2.49. The number of anilines is 2. The molecule has 1 aromatic carbocycles. The second-order valence-electron chi connectivity index (χ2n) is 6.66. The fourth-order valence-corrected chi connectivity index (χ4v) is 3.00. The summed E-state index contributed by atoms with van der Waals surface area (Å²) >= 11 is 0. The highest BCUT2D eigenvalue weighted by Crippen LogP contribution is 2.22. The molecule has 1 fully saturated rings. The van der Waals surface area contributed by atoms with Crippen LogP contribution in [-0.4, -0.2) is 35.6 Å². The number of nitrogens with one attached hydrogen (secondary N) is 1. The molecule has 1 saturated heterocycles. The van der Waals surface area contributed by atoms with Crippen LogP contribution in [0.3, 0.4) is 0 Å². The highest BCUT2D eigenvalue weighted by molar-refractivity contribution is 5.91. The van der Waals surface area contributed by atoms with Crippen molar-refractivity contribution in [2.75, 3.05) is 29.9 Å². The maximum absolute atomic E-state index is 13.6. The summed E-state index contributed by atoms with van der Waals surface area (Å²) < 4.78 is 19.1. The van der Waals surface area contributed by atoms with Gasteiger partial charge in [0.25, 0.3) is 5.91 Å². The smallest absolute Gasteiger partial charge is 0.262 e. The zero-order valence-electron chi connectivity index (χ0n) is 15.0. The van der Waals surface area contributed by atoms with Gasteiger partial charge in [-0.15, -0.1) is 0 Å². The van der Waals surface area contributed by atoms with E-state index in [2.05, 4.69) is 27.1 Å². The lowest BCUT2D eigenvalue weighted by Crippen LogP contribution is -2.35. The SMILES string of the molecule is Cc1cc(OCC(=O)Nc2ccccc2F)nc(N2CCC[C@@H](C)C2)n1. The molecule has 6 nitrogen and oxygen atoms in total. The average molecular weight is 358 g/mol. The number of aryl methyl sites for hydroxylation is 1. The Balaban J connectivity index is 1.62. The molecule has 2 aromatic rings. The standard InChI is InChI=1S/C19H23FN4O2/c1-13-6-5-9-24(11-13)19-21-14(2)10-18(23-19)26-12-17(25)22-16-8-4-3-7-15(16)20/h3-4,7-8,10,13H,5-6,9,11-12H2,1-2H3,(H,22,25)/t13-/m1/s1. The van der Waals surface area contributed by atoms with Crippen LogP contribution in [0.2, 0.25) is 0 Å². The molecule has 0 aliphatic carbocycles. The molecule has 0 saturated carbocycles. The van der Waals surface area contributed by atoms with Crippen LogP contribution in [0.5, 0.6) is 5.88 Å². The topological polar surface area (TPSA) is 67.3 Å². The molecule has 26 heavy (non-hydrogen) atoms. The molecule has 138 valence electrons. The van der Waals surface area contributed by atoms with Gasteiger partial charge in [0.05, 0.1) is 5.69 Å². The first-order chi connectivity index (χ1) is 12.5. The number of piperidine rings is 1. The van der Waals surface area contributed by atoms with Crippen LogP contribution in [0.25, 0.3) is 0 Å². The molecule has 2 heterocycles. The Bertz CT molecular complexity index is 784. The van der Waals surface area contributed by atoms with Crippen LogP contribution in [0, 0.1) is 18.7 Å². The predicted molar refractivity (Wildman–Crippen MR) is 97.9 cm³/mol. The van der Waals surface area contributed by atoms with Crippen molar-refractivity contribution in [3.63, 3.8) is 0 Å². The lowest BCUT2D eigenvalue weighted by atomic mass is 10.0. The Morgan fingerprint density at radius 2 is 2.19 bits per heavy atom. The van der Waals surface area contributed by atoms with Gasteiger partial charge in [0, 0.05) is 24.8 Å². The lowest BCUT2D eigenvalue weighted by Gasteiger charge is -2.31. The Labute approximate surface area is 152 Å². The van der Waals surface area contributed by atoms with E-state index in [4.69, 9.17) is 4.74 Å². The van der Waals surface area contributed by atoms with E-state index in [1.54, 1.807) is 18.2 Å². The monoisotopic (exact) mass is 358 g/mol. The van der Waals surface area contributed by atoms with Crippen molar-refractivity contribution in [1.82, 2.24) is 9.97 Å². The number of hydrogen-bond donors (Lipinski definition) is 1. The summed E-state index contributed by atoms with van der Waals surface area (Å²) in [7, 11) is 0. The molecule has 1 amide bonds. The number of para-hydroxylation sites is 1. The fraction of sp³-hybridized carbons (Fsp3) is 0.421. The van der Waals surface area contributed by atoms with E-state index in [0.29, 0.717) is 17.7 Å². The van der Waals surface area contributed by atoms with E-state index in [9.17, 15) is 9.18 Å². The molecule has 0 spiro atoms. The summed E-state index contributed by atoms with van der Waals surface area (Å²) in [6.07, 6.45) is 2.32. The molecule has 1 aromatic heterocycles. The second kappa shape index (κ2) is 8.12. The van der Waals surface area contributed by atoms with Crippen LogP contribution in [0.15, 0.2) is 30.3 Å². The zero-order chi connectivity index (χ0) is 18.5. The number of benzene rings is 1. The number of halogens is 1. The van der Waals surface area contributed by atoms with Gasteiger partial charge in [-0.2, -0.15) is 4.98 Å². The third kappa shape index (κ3) is 4.68. The van der Waals surface area contributed by atoms with E-state index in [-0.39, 0.29) is 12.3 Å². The summed E-state index contributed by atoms with van der Waals surface area (Å²) in [5.41, 5.74) is 0.903. The molecule has 7 heteroatoms. The van der Waals surface area contributed by atoms with Crippen molar-refractivity contribution in [3.8, 4) is 5.88 Å². The Morgan fingerprint density at radius 3 is 2.96 bits per heavy atom. The van der Waals surface area contributed by atoms with E-state index >= 15 is 0 Å². The van der Waals surface area contributed by atoms with Crippen molar-refractivity contribution in [2.24, 2.45) is 5.92 Å². The minimum atomic E-state index is -0.486. The quantitative estimate of drug-likeness (QED) is 0.889. The van der Waals surface area contributed by atoms with Gasteiger partial charge in [-0.1, -0.05) is 19.1 Å². The first-order valence-electron chi connectivity index (χ1n) is 8.79. The molecular formula is C19H23FN4O2. The molecule has 1 aliphatic heterocycles. The van der Waals surface area contributed by atoms with Gasteiger partial charge < -0.3 is 15.0 Å². The maximum atomic E-state index is 13.6. The van der Waals surface area contributed by atoms with Crippen molar-refractivity contribution in [3.05, 3.63) is 41.8 Å². The number of aromatic nitrogens is 2. The van der Waals surface area contributed by atoms with Crippen LogP contribution >= 0.6 is 0 Å². The number of amides is 1. The third-order valence-corrected chi connectivity index (χ3v) is 4.26. The number of nitrogens with zero attached hydrogens (tertiary/aromatic N) is 3. The highest BCUT2D eigenvalue weighted by atomic mass is 19.1. The number of rotatable bonds is 5. The number of carbonyl (C=O) groups excluding carboxylic acids is 1. The molecule has 1 aliphatic rings. The molecule has 0 bridgehead atoms. The van der Waals surface area contributed by atoms with Gasteiger partial charge in [0.1, 0.15) is 5.82 Å². The zero-order valence-corrected chi connectivity index (χ0v) is 15.0. The van der Waals surface area contributed by atoms with Crippen LogP contribution in [-0.2, 0) is 4.79 Å². The van der Waals surface area contributed by atoms with Gasteiger partial charge in [-0.05, 0) is 37.8 Å². The van der Waals surface area contributed by atoms with E-state index in [0.717, 1.165) is 25.2 Å². The summed E-state index contributed by atoms with van der Waals surface area (Å²) in [4.78, 5) is 23.1. The maximum Gasteiger partial charge on any atom is 0.262 e. The molecule has 1 N–H and O–H groups in total.